The summed E-state index contributed by atoms with van der Waals surface area (Å²) in [6, 6.07) is 17.9. The molecule has 0 spiro atoms. The van der Waals surface area contributed by atoms with Crippen LogP contribution in [-0.4, -0.2) is 16.1 Å². The van der Waals surface area contributed by atoms with E-state index in [1.165, 1.54) is 19.3 Å². The van der Waals surface area contributed by atoms with Gasteiger partial charge in [0.1, 0.15) is 5.82 Å². The van der Waals surface area contributed by atoms with Gasteiger partial charge in [-0.3, -0.25) is 9.36 Å². The van der Waals surface area contributed by atoms with Crippen LogP contribution in [0.2, 0.25) is 0 Å². The lowest BCUT2D eigenvalue weighted by Gasteiger charge is -2.22. The standard InChI is InChI=1S/C24H31N3O/c1-3-5-6-12-17-25-21(4-2)23-26-22-16-11-10-15-20(22)24(28)27(23)18-19-13-8-7-9-14-19/h7-11,13-16,21,25H,3-6,12,17-18H2,1-2H3. The largest absolute Gasteiger partial charge is 0.307 e. The molecule has 1 unspecified atom stereocenters. The van der Waals surface area contributed by atoms with Crippen molar-refractivity contribution < 1.29 is 0 Å². The molecule has 0 saturated heterocycles. The Morgan fingerprint density at radius 3 is 2.46 bits per heavy atom. The molecule has 0 saturated carbocycles. The van der Waals surface area contributed by atoms with Gasteiger partial charge in [0.25, 0.3) is 5.56 Å². The highest BCUT2D eigenvalue weighted by Crippen LogP contribution is 2.18. The van der Waals surface area contributed by atoms with Gasteiger partial charge < -0.3 is 5.32 Å². The summed E-state index contributed by atoms with van der Waals surface area (Å²) in [4.78, 5) is 18.2. The first kappa shape index (κ1) is 20.3. The number of hydrogen-bond acceptors (Lipinski definition) is 3. The average Bonchev–Trinajstić information content (AvgIpc) is 2.74. The average molecular weight is 378 g/mol. The number of fused-ring (bicyclic) bond motifs is 1. The van der Waals surface area contributed by atoms with E-state index in [2.05, 4.69) is 31.3 Å². The number of nitrogens with zero attached hydrogens (tertiary/aromatic N) is 2. The summed E-state index contributed by atoms with van der Waals surface area (Å²) in [5.41, 5.74) is 1.93. The van der Waals surface area contributed by atoms with Gasteiger partial charge in [-0.05, 0) is 37.1 Å². The van der Waals surface area contributed by atoms with Crippen LogP contribution in [0.1, 0.15) is 63.4 Å². The molecule has 28 heavy (non-hydrogen) atoms. The van der Waals surface area contributed by atoms with Gasteiger partial charge in [0, 0.05) is 0 Å². The van der Waals surface area contributed by atoms with Crippen LogP contribution in [0.4, 0.5) is 0 Å². The molecule has 3 rings (SSSR count). The third-order valence-electron chi connectivity index (χ3n) is 5.22. The van der Waals surface area contributed by atoms with Crippen molar-refractivity contribution >= 4 is 10.9 Å². The molecule has 4 nitrogen and oxygen atoms in total. The van der Waals surface area contributed by atoms with Crippen LogP contribution in [0.25, 0.3) is 10.9 Å². The first-order valence-corrected chi connectivity index (χ1v) is 10.5. The van der Waals surface area contributed by atoms with Crippen LogP contribution >= 0.6 is 0 Å². The molecular weight excluding hydrogens is 346 g/mol. The van der Waals surface area contributed by atoms with E-state index >= 15 is 0 Å². The Morgan fingerprint density at radius 2 is 1.71 bits per heavy atom. The zero-order valence-corrected chi connectivity index (χ0v) is 17.0. The molecule has 148 valence electrons. The molecule has 3 aromatic rings. The van der Waals surface area contributed by atoms with Crippen molar-refractivity contribution in [2.24, 2.45) is 0 Å². The molecule has 0 aliphatic rings. The van der Waals surface area contributed by atoms with Crippen molar-refractivity contribution in [1.82, 2.24) is 14.9 Å². The summed E-state index contributed by atoms with van der Waals surface area (Å²) in [6.45, 7) is 5.87. The minimum Gasteiger partial charge on any atom is -0.307 e. The number of nitrogens with one attached hydrogen (secondary N) is 1. The summed E-state index contributed by atoms with van der Waals surface area (Å²) in [5, 5.41) is 4.32. The third-order valence-corrected chi connectivity index (χ3v) is 5.22. The number of rotatable bonds is 10. The van der Waals surface area contributed by atoms with Crippen molar-refractivity contribution in [3.8, 4) is 0 Å². The maximum atomic E-state index is 13.3. The van der Waals surface area contributed by atoms with Gasteiger partial charge in [0.05, 0.1) is 23.5 Å². The monoisotopic (exact) mass is 377 g/mol. The molecule has 0 amide bonds. The highest BCUT2D eigenvalue weighted by molar-refractivity contribution is 5.77. The quantitative estimate of drug-likeness (QED) is 0.502. The lowest BCUT2D eigenvalue weighted by atomic mass is 10.1. The van der Waals surface area contributed by atoms with E-state index in [-0.39, 0.29) is 11.6 Å². The summed E-state index contributed by atoms with van der Waals surface area (Å²) in [6.07, 6.45) is 5.79. The van der Waals surface area contributed by atoms with E-state index in [0.717, 1.165) is 36.3 Å². The number of aromatic nitrogens is 2. The fourth-order valence-electron chi connectivity index (χ4n) is 3.62. The SMILES string of the molecule is CCCCCCNC(CC)c1nc2ccccc2c(=O)n1Cc1ccccc1. The second-order valence-corrected chi connectivity index (χ2v) is 7.34. The Bertz CT molecular complexity index is 933. The Balaban J connectivity index is 1.96. The minimum absolute atomic E-state index is 0.0377. The van der Waals surface area contributed by atoms with Crippen LogP contribution in [0.5, 0.6) is 0 Å². The van der Waals surface area contributed by atoms with Gasteiger partial charge in [-0.1, -0.05) is 75.6 Å². The van der Waals surface area contributed by atoms with Gasteiger partial charge in [-0.25, -0.2) is 4.98 Å². The predicted molar refractivity (Wildman–Crippen MR) is 117 cm³/mol. The van der Waals surface area contributed by atoms with E-state index in [1.54, 1.807) is 0 Å². The van der Waals surface area contributed by atoms with E-state index in [0.29, 0.717) is 11.9 Å². The van der Waals surface area contributed by atoms with E-state index < -0.39 is 0 Å². The van der Waals surface area contributed by atoms with Gasteiger partial charge in [-0.2, -0.15) is 0 Å². The molecule has 1 aromatic heterocycles. The normalized spacial score (nSPS) is 12.4. The second kappa shape index (κ2) is 10.2. The molecule has 1 heterocycles. The molecule has 0 aliphatic carbocycles. The maximum absolute atomic E-state index is 13.3. The molecule has 0 aliphatic heterocycles. The molecule has 1 N–H and O–H groups in total. The highest BCUT2D eigenvalue weighted by Gasteiger charge is 2.18. The number of para-hydroxylation sites is 1. The number of unbranched alkanes of at least 4 members (excludes halogenated alkanes) is 3. The van der Waals surface area contributed by atoms with Gasteiger partial charge in [-0.15, -0.1) is 0 Å². The summed E-state index contributed by atoms with van der Waals surface area (Å²) in [7, 11) is 0. The predicted octanol–water partition coefficient (Wildman–Crippen LogP) is 5.07. The molecular formula is C24H31N3O. The van der Waals surface area contributed by atoms with E-state index in [9.17, 15) is 4.79 Å². The van der Waals surface area contributed by atoms with Crippen molar-refractivity contribution in [2.75, 3.05) is 6.54 Å². The first-order chi connectivity index (χ1) is 13.7. The topological polar surface area (TPSA) is 46.9 Å². The Labute approximate surface area is 167 Å². The third kappa shape index (κ3) is 4.87. The van der Waals surface area contributed by atoms with Gasteiger partial charge in [0.15, 0.2) is 0 Å². The van der Waals surface area contributed by atoms with Gasteiger partial charge >= 0.3 is 0 Å². The zero-order chi connectivity index (χ0) is 19.8. The molecule has 1 atom stereocenters. The Morgan fingerprint density at radius 1 is 0.964 bits per heavy atom. The number of hydrogen-bond donors (Lipinski definition) is 1. The van der Waals surface area contributed by atoms with Crippen LogP contribution in [0.15, 0.2) is 59.4 Å². The Hall–Kier alpha value is -2.46. The fraction of sp³-hybridized carbons (Fsp3) is 0.417. The van der Waals surface area contributed by atoms with Crippen molar-refractivity contribution in [3.05, 3.63) is 76.3 Å². The summed E-state index contributed by atoms with van der Waals surface area (Å²) < 4.78 is 1.85. The minimum atomic E-state index is 0.0377. The van der Waals surface area contributed by atoms with Gasteiger partial charge in [0.2, 0.25) is 0 Å². The van der Waals surface area contributed by atoms with E-state index in [1.807, 2.05) is 47.0 Å². The van der Waals surface area contributed by atoms with Crippen molar-refractivity contribution in [3.63, 3.8) is 0 Å². The fourth-order valence-corrected chi connectivity index (χ4v) is 3.62. The smallest absolute Gasteiger partial charge is 0.261 e. The van der Waals surface area contributed by atoms with Crippen LogP contribution in [0.3, 0.4) is 0 Å². The second-order valence-electron chi connectivity index (χ2n) is 7.34. The zero-order valence-electron chi connectivity index (χ0n) is 17.0. The van der Waals surface area contributed by atoms with Crippen LogP contribution < -0.4 is 10.9 Å². The van der Waals surface area contributed by atoms with Crippen LogP contribution in [0, 0.1) is 0 Å². The maximum Gasteiger partial charge on any atom is 0.261 e. The summed E-state index contributed by atoms with van der Waals surface area (Å²) in [5.74, 6) is 0.838. The number of benzene rings is 2. The molecule has 0 bridgehead atoms. The highest BCUT2D eigenvalue weighted by atomic mass is 16.1. The molecule has 0 radical (unpaired) electrons. The van der Waals surface area contributed by atoms with Crippen molar-refractivity contribution in [2.45, 2.75) is 58.5 Å². The van der Waals surface area contributed by atoms with E-state index in [4.69, 9.17) is 4.98 Å². The Kier molecular flexibility index (Phi) is 7.38. The lowest BCUT2D eigenvalue weighted by molar-refractivity contribution is 0.455. The molecule has 4 heteroatoms. The molecule has 0 fully saturated rings. The lowest BCUT2D eigenvalue weighted by Crippen LogP contribution is -2.32. The first-order valence-electron chi connectivity index (χ1n) is 10.5. The van der Waals surface area contributed by atoms with Crippen molar-refractivity contribution in [1.29, 1.82) is 0 Å². The molecule has 2 aromatic carbocycles. The summed E-state index contributed by atoms with van der Waals surface area (Å²) >= 11 is 0. The van der Waals surface area contributed by atoms with Crippen LogP contribution in [-0.2, 0) is 6.54 Å².